The first-order chi connectivity index (χ1) is 14.1. The quantitative estimate of drug-likeness (QED) is 0.268. The second kappa shape index (κ2) is 12.1. The van der Waals surface area contributed by atoms with E-state index in [0.717, 1.165) is 17.5 Å². The first kappa shape index (κ1) is 23.5. The van der Waals surface area contributed by atoms with Gasteiger partial charge in [0.1, 0.15) is 11.6 Å². The molecule has 3 rings (SSSR count). The molecule has 0 fully saturated rings. The average molecular weight is 524 g/mol. The minimum atomic E-state index is -0.451. The van der Waals surface area contributed by atoms with Gasteiger partial charge in [0.15, 0.2) is 17.5 Å². The maximum atomic E-state index is 14.3. The van der Waals surface area contributed by atoms with Crippen molar-refractivity contribution in [2.75, 3.05) is 13.6 Å². The van der Waals surface area contributed by atoms with Crippen LogP contribution in [0.1, 0.15) is 11.1 Å². The van der Waals surface area contributed by atoms with E-state index in [4.69, 9.17) is 4.74 Å². The Bertz CT molecular complexity index is 953. The molecule has 0 spiro atoms. The van der Waals surface area contributed by atoms with Crippen LogP contribution in [0.15, 0.2) is 72.0 Å². The van der Waals surface area contributed by atoms with Gasteiger partial charge in [0, 0.05) is 26.3 Å². The average Bonchev–Trinajstić information content (AvgIpc) is 2.74. The van der Waals surface area contributed by atoms with Crippen molar-refractivity contribution in [2.24, 2.45) is 4.99 Å². The van der Waals surface area contributed by atoms with Crippen LogP contribution in [0.2, 0.25) is 0 Å². The lowest BCUT2D eigenvalue weighted by Crippen LogP contribution is -2.37. The fraction of sp³-hybridized carbons (Fsp3) is 0.182. The van der Waals surface area contributed by atoms with E-state index in [9.17, 15) is 8.78 Å². The number of pyridine rings is 1. The summed E-state index contributed by atoms with van der Waals surface area (Å²) in [6, 6.07) is 14.6. The van der Waals surface area contributed by atoms with Crippen LogP contribution in [0, 0.1) is 11.6 Å². The third-order valence-corrected chi connectivity index (χ3v) is 4.16. The van der Waals surface area contributed by atoms with Crippen LogP contribution in [-0.2, 0) is 13.0 Å². The smallest absolute Gasteiger partial charge is 0.191 e. The first-order valence-corrected chi connectivity index (χ1v) is 9.19. The lowest BCUT2D eigenvalue weighted by molar-refractivity contribution is 0.440. The maximum absolute atomic E-state index is 14.3. The van der Waals surface area contributed by atoms with Crippen LogP contribution in [-0.4, -0.2) is 24.5 Å². The molecule has 8 heteroatoms. The first-order valence-electron chi connectivity index (χ1n) is 9.19. The summed E-state index contributed by atoms with van der Waals surface area (Å²) in [7, 11) is 1.67. The summed E-state index contributed by atoms with van der Waals surface area (Å²) in [5.74, 6) is 0.519. The third kappa shape index (κ3) is 7.25. The fourth-order valence-electron chi connectivity index (χ4n) is 2.65. The zero-order valence-corrected chi connectivity index (χ0v) is 18.8. The van der Waals surface area contributed by atoms with Crippen LogP contribution < -0.4 is 15.4 Å². The van der Waals surface area contributed by atoms with Gasteiger partial charge in [0.05, 0.1) is 6.20 Å². The van der Waals surface area contributed by atoms with Gasteiger partial charge >= 0.3 is 0 Å². The van der Waals surface area contributed by atoms with E-state index >= 15 is 0 Å². The van der Waals surface area contributed by atoms with Gasteiger partial charge in [-0.05, 0) is 53.9 Å². The van der Waals surface area contributed by atoms with Crippen molar-refractivity contribution in [2.45, 2.75) is 13.0 Å². The van der Waals surface area contributed by atoms with E-state index in [1.54, 1.807) is 49.6 Å². The number of nitrogens with zero attached hydrogens (tertiary/aromatic N) is 2. The Morgan fingerprint density at radius 2 is 1.80 bits per heavy atom. The Kier molecular flexibility index (Phi) is 9.46. The van der Waals surface area contributed by atoms with Gasteiger partial charge in [-0.25, -0.2) is 8.78 Å². The molecule has 0 aliphatic heterocycles. The highest BCUT2D eigenvalue weighted by Crippen LogP contribution is 2.24. The summed E-state index contributed by atoms with van der Waals surface area (Å²) in [5.41, 5.74) is 1.78. The standard InChI is InChI=1S/C22H22F2N4O.HI/c1-25-22(27-12-10-16-4-7-18(23)8-5-16)28-14-17-6-9-21(20(24)13-17)29-19-3-2-11-26-15-19;/h2-9,11,13,15H,10,12,14H2,1H3,(H2,25,27,28);1H. The van der Waals surface area contributed by atoms with Crippen LogP contribution in [0.25, 0.3) is 0 Å². The zero-order chi connectivity index (χ0) is 20.5. The number of ether oxygens (including phenoxy) is 1. The van der Waals surface area contributed by atoms with Crippen LogP contribution in [0.3, 0.4) is 0 Å². The van der Waals surface area contributed by atoms with Gasteiger partial charge in [-0.1, -0.05) is 18.2 Å². The molecule has 0 radical (unpaired) electrons. The molecule has 0 aliphatic rings. The largest absolute Gasteiger partial charge is 0.453 e. The van der Waals surface area contributed by atoms with Gasteiger partial charge in [0.2, 0.25) is 0 Å². The summed E-state index contributed by atoms with van der Waals surface area (Å²) in [5, 5.41) is 6.32. The van der Waals surface area contributed by atoms with Crippen molar-refractivity contribution in [3.63, 3.8) is 0 Å². The van der Waals surface area contributed by atoms with E-state index in [-0.39, 0.29) is 35.5 Å². The van der Waals surface area contributed by atoms with Crippen molar-refractivity contribution < 1.29 is 13.5 Å². The molecule has 5 nitrogen and oxygen atoms in total. The van der Waals surface area contributed by atoms with Crippen molar-refractivity contribution in [3.05, 3.63) is 89.8 Å². The van der Waals surface area contributed by atoms with Crippen LogP contribution in [0.4, 0.5) is 8.78 Å². The second-order valence-corrected chi connectivity index (χ2v) is 6.28. The molecule has 0 bridgehead atoms. The summed E-state index contributed by atoms with van der Waals surface area (Å²) in [6.45, 7) is 1.04. The summed E-state index contributed by atoms with van der Waals surface area (Å²) in [6.07, 6.45) is 3.88. The third-order valence-electron chi connectivity index (χ3n) is 4.16. The molecule has 1 aromatic heterocycles. The number of halogens is 3. The predicted molar refractivity (Wildman–Crippen MR) is 124 cm³/mol. The van der Waals surface area contributed by atoms with E-state index in [0.29, 0.717) is 24.8 Å². The highest BCUT2D eigenvalue weighted by atomic mass is 127. The van der Waals surface area contributed by atoms with Gasteiger partial charge in [0.25, 0.3) is 0 Å². The second-order valence-electron chi connectivity index (χ2n) is 6.28. The molecule has 0 amide bonds. The summed E-state index contributed by atoms with van der Waals surface area (Å²) >= 11 is 0. The molecule has 0 atom stereocenters. The van der Waals surface area contributed by atoms with Crippen molar-refractivity contribution in [1.29, 1.82) is 0 Å². The Balaban J connectivity index is 0.00000320. The molecule has 0 unspecified atom stereocenters. The van der Waals surface area contributed by atoms with Crippen molar-refractivity contribution in [3.8, 4) is 11.5 Å². The van der Waals surface area contributed by atoms with E-state index in [2.05, 4.69) is 20.6 Å². The van der Waals surface area contributed by atoms with Gasteiger partial charge in [-0.2, -0.15) is 0 Å². The molecule has 2 N–H and O–H groups in total. The zero-order valence-electron chi connectivity index (χ0n) is 16.4. The molecule has 158 valence electrons. The number of nitrogens with one attached hydrogen (secondary N) is 2. The molecular formula is C22H23F2IN4O. The number of aliphatic imine (C=N–C) groups is 1. The number of benzene rings is 2. The number of aromatic nitrogens is 1. The highest BCUT2D eigenvalue weighted by Gasteiger charge is 2.07. The minimum absolute atomic E-state index is 0. The molecule has 0 aliphatic carbocycles. The topological polar surface area (TPSA) is 58.5 Å². The Hall–Kier alpha value is -2.75. The molecule has 0 saturated carbocycles. The Labute approximate surface area is 191 Å². The molecule has 0 saturated heterocycles. The number of rotatable bonds is 7. The van der Waals surface area contributed by atoms with Gasteiger partial charge in [-0.15, -0.1) is 24.0 Å². The molecular weight excluding hydrogens is 501 g/mol. The normalized spacial score (nSPS) is 10.8. The Morgan fingerprint density at radius 3 is 2.47 bits per heavy atom. The van der Waals surface area contributed by atoms with E-state index in [1.165, 1.54) is 24.4 Å². The summed E-state index contributed by atoms with van der Waals surface area (Å²) in [4.78, 5) is 8.09. The molecule has 1 heterocycles. The van der Waals surface area contributed by atoms with E-state index in [1.807, 2.05) is 0 Å². The number of hydrogen-bond donors (Lipinski definition) is 2. The highest BCUT2D eigenvalue weighted by molar-refractivity contribution is 14.0. The maximum Gasteiger partial charge on any atom is 0.191 e. The minimum Gasteiger partial charge on any atom is -0.453 e. The van der Waals surface area contributed by atoms with Gasteiger partial charge in [-0.3, -0.25) is 9.98 Å². The van der Waals surface area contributed by atoms with Crippen LogP contribution >= 0.6 is 24.0 Å². The Morgan fingerprint density at radius 1 is 1.03 bits per heavy atom. The molecule has 2 aromatic carbocycles. The van der Waals surface area contributed by atoms with Gasteiger partial charge < -0.3 is 15.4 Å². The van der Waals surface area contributed by atoms with E-state index < -0.39 is 5.82 Å². The predicted octanol–water partition coefficient (Wildman–Crippen LogP) is 4.68. The molecule has 30 heavy (non-hydrogen) atoms. The lowest BCUT2D eigenvalue weighted by Gasteiger charge is -2.13. The van der Waals surface area contributed by atoms with Crippen LogP contribution in [0.5, 0.6) is 11.5 Å². The SMILES string of the molecule is CN=C(NCCc1ccc(F)cc1)NCc1ccc(Oc2cccnc2)c(F)c1.I. The van der Waals surface area contributed by atoms with Crippen molar-refractivity contribution in [1.82, 2.24) is 15.6 Å². The molecule has 3 aromatic rings. The number of hydrogen-bond acceptors (Lipinski definition) is 3. The number of guanidine groups is 1. The lowest BCUT2D eigenvalue weighted by atomic mass is 10.1. The van der Waals surface area contributed by atoms with Crippen molar-refractivity contribution >= 4 is 29.9 Å². The monoisotopic (exact) mass is 524 g/mol. The summed E-state index contributed by atoms with van der Waals surface area (Å²) < 4.78 is 32.7. The fourth-order valence-corrected chi connectivity index (χ4v) is 2.65.